The fourth-order valence-electron chi connectivity index (χ4n) is 2.32. The molecule has 1 aromatic heterocycles. The number of thiazole rings is 1. The summed E-state index contributed by atoms with van der Waals surface area (Å²) in [5.74, 6) is 0. The Balaban J connectivity index is 1.99. The lowest BCUT2D eigenvalue weighted by Crippen LogP contribution is -2.35. The summed E-state index contributed by atoms with van der Waals surface area (Å²) >= 11 is 1.77. The molecule has 1 saturated heterocycles. The predicted octanol–water partition coefficient (Wildman–Crippen LogP) is 2.22. The van der Waals surface area contributed by atoms with Crippen LogP contribution in [-0.4, -0.2) is 24.1 Å². The van der Waals surface area contributed by atoms with E-state index in [9.17, 15) is 0 Å². The lowest BCUT2D eigenvalue weighted by molar-refractivity contribution is 0.676. The highest BCUT2D eigenvalue weighted by Crippen LogP contribution is 2.32. The van der Waals surface area contributed by atoms with Crippen LogP contribution in [0.15, 0.2) is 24.3 Å². The molecule has 0 aliphatic carbocycles. The van der Waals surface area contributed by atoms with Crippen molar-refractivity contribution in [3.8, 4) is 0 Å². The molecule has 16 heavy (non-hydrogen) atoms. The van der Waals surface area contributed by atoms with E-state index < -0.39 is 0 Å². The second-order valence-corrected chi connectivity index (χ2v) is 5.20. The highest BCUT2D eigenvalue weighted by molar-refractivity contribution is 7.22. The number of benzene rings is 1. The van der Waals surface area contributed by atoms with Gasteiger partial charge in [-0.2, -0.15) is 0 Å². The Hall–Kier alpha value is -1.13. The van der Waals surface area contributed by atoms with Crippen molar-refractivity contribution in [1.29, 1.82) is 0 Å². The molecule has 2 N–H and O–H groups in total. The Kier molecular flexibility index (Phi) is 2.53. The van der Waals surface area contributed by atoms with Gasteiger partial charge in [0.25, 0.3) is 0 Å². The van der Waals surface area contributed by atoms with Crippen molar-refractivity contribution < 1.29 is 0 Å². The summed E-state index contributed by atoms with van der Waals surface area (Å²) in [6, 6.07) is 8.79. The Labute approximate surface area is 98.9 Å². The van der Waals surface area contributed by atoms with Gasteiger partial charge < -0.3 is 10.6 Å². The van der Waals surface area contributed by atoms with Crippen LogP contribution in [0.1, 0.15) is 12.8 Å². The van der Waals surface area contributed by atoms with E-state index in [-0.39, 0.29) is 0 Å². The number of hydrogen-bond donors (Lipinski definition) is 1. The molecule has 1 aliphatic rings. The fraction of sp³-hybridized carbons (Fsp3) is 0.417. The molecule has 0 radical (unpaired) electrons. The van der Waals surface area contributed by atoms with Crippen LogP contribution >= 0.6 is 11.3 Å². The number of anilines is 1. The van der Waals surface area contributed by atoms with Crippen LogP contribution in [0.25, 0.3) is 10.2 Å². The Morgan fingerprint density at radius 1 is 1.44 bits per heavy atom. The van der Waals surface area contributed by atoms with Crippen LogP contribution < -0.4 is 10.6 Å². The molecule has 2 heterocycles. The zero-order valence-corrected chi connectivity index (χ0v) is 9.91. The van der Waals surface area contributed by atoms with Crippen molar-refractivity contribution in [1.82, 2.24) is 4.98 Å². The molecule has 4 heteroatoms. The minimum absolute atomic E-state index is 0.487. The standard InChI is InChI=1S/C12H15N3S/c13-8-9-4-3-7-15(9)12-14-10-5-1-2-6-11(10)16-12/h1-2,5-6,9H,3-4,7-8,13H2/t9-/m0/s1. The molecule has 84 valence electrons. The summed E-state index contributed by atoms with van der Waals surface area (Å²) in [6.45, 7) is 1.83. The topological polar surface area (TPSA) is 42.1 Å². The van der Waals surface area contributed by atoms with Crippen LogP contribution in [-0.2, 0) is 0 Å². The van der Waals surface area contributed by atoms with Gasteiger partial charge in [-0.25, -0.2) is 4.98 Å². The van der Waals surface area contributed by atoms with E-state index in [1.165, 1.54) is 17.5 Å². The molecule has 1 fully saturated rings. The van der Waals surface area contributed by atoms with Crippen LogP contribution in [0.2, 0.25) is 0 Å². The summed E-state index contributed by atoms with van der Waals surface area (Å²) in [6.07, 6.45) is 2.43. The monoisotopic (exact) mass is 233 g/mol. The summed E-state index contributed by atoms with van der Waals surface area (Å²) in [5, 5.41) is 1.13. The summed E-state index contributed by atoms with van der Waals surface area (Å²) in [7, 11) is 0. The Bertz CT molecular complexity index is 461. The third kappa shape index (κ3) is 1.58. The van der Waals surface area contributed by atoms with Crippen molar-refractivity contribution in [3.05, 3.63) is 24.3 Å². The predicted molar refractivity (Wildman–Crippen MR) is 69.0 cm³/mol. The lowest BCUT2D eigenvalue weighted by Gasteiger charge is -2.22. The molecule has 0 amide bonds. The third-order valence-electron chi connectivity index (χ3n) is 3.18. The van der Waals surface area contributed by atoms with Gasteiger partial charge in [-0.1, -0.05) is 23.5 Å². The van der Waals surface area contributed by atoms with Gasteiger partial charge in [0.15, 0.2) is 5.13 Å². The van der Waals surface area contributed by atoms with Crippen LogP contribution in [0.3, 0.4) is 0 Å². The number of aromatic nitrogens is 1. The summed E-state index contributed by atoms with van der Waals surface area (Å²) in [5.41, 5.74) is 6.89. The van der Waals surface area contributed by atoms with Crippen LogP contribution in [0.5, 0.6) is 0 Å². The molecule has 2 aromatic rings. The SMILES string of the molecule is NC[C@@H]1CCCN1c1nc2ccccc2s1. The third-order valence-corrected chi connectivity index (χ3v) is 4.25. The van der Waals surface area contributed by atoms with Gasteiger partial charge in [-0.05, 0) is 25.0 Å². The van der Waals surface area contributed by atoms with Gasteiger partial charge in [0.2, 0.25) is 0 Å². The number of hydrogen-bond acceptors (Lipinski definition) is 4. The van der Waals surface area contributed by atoms with E-state index in [1.54, 1.807) is 11.3 Å². The first-order valence-electron chi connectivity index (χ1n) is 5.71. The average Bonchev–Trinajstić information content (AvgIpc) is 2.94. The molecule has 1 aromatic carbocycles. The smallest absolute Gasteiger partial charge is 0.186 e. The van der Waals surface area contributed by atoms with Gasteiger partial charge in [-0.3, -0.25) is 0 Å². The Morgan fingerprint density at radius 3 is 3.12 bits per heavy atom. The van der Waals surface area contributed by atoms with Crippen LogP contribution in [0, 0.1) is 0 Å². The van der Waals surface area contributed by atoms with Gasteiger partial charge in [0.05, 0.1) is 10.2 Å². The lowest BCUT2D eigenvalue weighted by atomic mass is 10.2. The highest BCUT2D eigenvalue weighted by Gasteiger charge is 2.25. The number of rotatable bonds is 2. The van der Waals surface area contributed by atoms with E-state index in [0.29, 0.717) is 6.04 Å². The molecule has 1 atom stereocenters. The minimum atomic E-state index is 0.487. The average molecular weight is 233 g/mol. The first kappa shape index (κ1) is 10.1. The summed E-state index contributed by atoms with van der Waals surface area (Å²) < 4.78 is 1.26. The minimum Gasteiger partial charge on any atom is -0.344 e. The summed E-state index contributed by atoms with van der Waals surface area (Å²) in [4.78, 5) is 7.05. The maximum absolute atomic E-state index is 5.79. The zero-order valence-electron chi connectivity index (χ0n) is 9.10. The largest absolute Gasteiger partial charge is 0.344 e. The molecule has 0 bridgehead atoms. The Morgan fingerprint density at radius 2 is 2.31 bits per heavy atom. The van der Waals surface area contributed by atoms with Crippen molar-refractivity contribution >= 4 is 26.7 Å². The van der Waals surface area contributed by atoms with E-state index in [4.69, 9.17) is 5.73 Å². The van der Waals surface area contributed by atoms with Crippen molar-refractivity contribution in [3.63, 3.8) is 0 Å². The molecule has 0 saturated carbocycles. The van der Waals surface area contributed by atoms with Crippen molar-refractivity contribution in [2.45, 2.75) is 18.9 Å². The molecular weight excluding hydrogens is 218 g/mol. The van der Waals surface area contributed by atoms with Gasteiger partial charge in [0.1, 0.15) is 0 Å². The molecule has 3 rings (SSSR count). The number of fused-ring (bicyclic) bond motifs is 1. The quantitative estimate of drug-likeness (QED) is 0.865. The second kappa shape index (κ2) is 4.03. The van der Waals surface area contributed by atoms with E-state index in [2.05, 4.69) is 28.1 Å². The van der Waals surface area contributed by atoms with E-state index in [0.717, 1.165) is 23.7 Å². The first-order chi connectivity index (χ1) is 7.88. The first-order valence-corrected chi connectivity index (χ1v) is 6.52. The molecule has 0 spiro atoms. The van der Waals surface area contributed by atoms with Gasteiger partial charge >= 0.3 is 0 Å². The molecule has 0 unspecified atom stereocenters. The van der Waals surface area contributed by atoms with Crippen LogP contribution in [0.4, 0.5) is 5.13 Å². The molecular formula is C12H15N3S. The normalized spacial score (nSPS) is 20.8. The van der Waals surface area contributed by atoms with E-state index in [1.807, 2.05) is 6.07 Å². The maximum atomic E-state index is 5.79. The van der Waals surface area contributed by atoms with Gasteiger partial charge in [0, 0.05) is 19.1 Å². The number of nitrogens with zero attached hydrogens (tertiary/aromatic N) is 2. The van der Waals surface area contributed by atoms with Crippen molar-refractivity contribution in [2.75, 3.05) is 18.0 Å². The molecule has 1 aliphatic heterocycles. The molecule has 3 nitrogen and oxygen atoms in total. The van der Waals surface area contributed by atoms with E-state index >= 15 is 0 Å². The second-order valence-electron chi connectivity index (χ2n) is 4.19. The highest BCUT2D eigenvalue weighted by atomic mass is 32.1. The van der Waals surface area contributed by atoms with Gasteiger partial charge in [-0.15, -0.1) is 0 Å². The number of para-hydroxylation sites is 1. The number of nitrogens with two attached hydrogens (primary N) is 1. The maximum Gasteiger partial charge on any atom is 0.186 e. The fourth-order valence-corrected chi connectivity index (χ4v) is 3.38. The van der Waals surface area contributed by atoms with Crippen molar-refractivity contribution in [2.24, 2.45) is 5.73 Å². The zero-order chi connectivity index (χ0) is 11.0.